The van der Waals surface area contributed by atoms with E-state index in [1.807, 2.05) is 42.5 Å². The van der Waals surface area contributed by atoms with Crippen LogP contribution in [0.5, 0.6) is 0 Å². The number of anilines is 2. The summed E-state index contributed by atoms with van der Waals surface area (Å²) in [5, 5.41) is 5.68. The number of rotatable bonds is 2. The normalized spacial score (nSPS) is 13.6. The zero-order valence-electron chi connectivity index (χ0n) is 15.0. The predicted octanol–water partition coefficient (Wildman–Crippen LogP) is 4.80. The molecule has 5 rings (SSSR count). The van der Waals surface area contributed by atoms with Gasteiger partial charge in [-0.15, -0.1) is 11.3 Å². The molecule has 6 heteroatoms. The molecule has 4 aromatic rings. The first kappa shape index (κ1) is 16.9. The fourth-order valence-electron chi connectivity index (χ4n) is 3.74. The molecule has 0 bridgehead atoms. The third-order valence-electron chi connectivity index (χ3n) is 5.16. The molecule has 0 atom stereocenters. The first-order valence-corrected chi connectivity index (χ1v) is 9.97. The summed E-state index contributed by atoms with van der Waals surface area (Å²) in [6, 6.07) is 15.5. The van der Waals surface area contributed by atoms with Crippen molar-refractivity contribution in [2.45, 2.75) is 19.3 Å². The molecule has 2 aromatic carbocycles. The van der Waals surface area contributed by atoms with Gasteiger partial charge in [-0.1, -0.05) is 36.4 Å². The van der Waals surface area contributed by atoms with E-state index in [-0.39, 0.29) is 11.7 Å². The van der Waals surface area contributed by atoms with E-state index in [0.717, 1.165) is 35.0 Å². The van der Waals surface area contributed by atoms with Gasteiger partial charge in [-0.05, 0) is 30.4 Å². The predicted molar refractivity (Wildman–Crippen MR) is 113 cm³/mol. The number of Topliss-reactive ketones (excluding diaryl/α,β-unsaturated/α-hetero) is 1. The van der Waals surface area contributed by atoms with Crippen LogP contribution < -0.4 is 11.1 Å². The average molecular weight is 387 g/mol. The van der Waals surface area contributed by atoms with Crippen molar-refractivity contribution in [3.63, 3.8) is 0 Å². The summed E-state index contributed by atoms with van der Waals surface area (Å²) >= 11 is 1.27. The molecule has 0 saturated carbocycles. The average Bonchev–Trinajstić information content (AvgIpc) is 3.03. The van der Waals surface area contributed by atoms with Crippen LogP contribution in [0.4, 0.5) is 11.4 Å². The molecule has 1 aliphatic rings. The van der Waals surface area contributed by atoms with E-state index in [1.54, 1.807) is 6.07 Å². The minimum atomic E-state index is -0.263. The highest BCUT2D eigenvalue weighted by Gasteiger charge is 2.23. The molecule has 138 valence electrons. The van der Waals surface area contributed by atoms with Gasteiger partial charge >= 0.3 is 0 Å². The van der Waals surface area contributed by atoms with E-state index < -0.39 is 0 Å². The van der Waals surface area contributed by atoms with Crippen LogP contribution in [0, 0.1) is 0 Å². The second-order valence-electron chi connectivity index (χ2n) is 6.94. The van der Waals surface area contributed by atoms with Crippen molar-refractivity contribution < 1.29 is 9.59 Å². The van der Waals surface area contributed by atoms with Crippen LogP contribution in [-0.4, -0.2) is 16.7 Å². The molecule has 5 nitrogen and oxygen atoms in total. The molecular weight excluding hydrogens is 370 g/mol. The molecule has 3 N–H and O–H groups in total. The van der Waals surface area contributed by atoms with E-state index in [9.17, 15) is 9.59 Å². The number of aromatic nitrogens is 1. The number of nitrogens with one attached hydrogen (secondary N) is 1. The second-order valence-corrected chi connectivity index (χ2v) is 7.94. The smallest absolute Gasteiger partial charge is 0.267 e. The Morgan fingerprint density at radius 3 is 2.79 bits per heavy atom. The number of carbonyl (C=O) groups is 2. The summed E-state index contributed by atoms with van der Waals surface area (Å²) in [6.45, 7) is 0. The van der Waals surface area contributed by atoms with Crippen molar-refractivity contribution >= 4 is 55.4 Å². The Kier molecular flexibility index (Phi) is 3.87. The zero-order chi connectivity index (χ0) is 19.3. The molecular formula is C22H17N3O2S. The summed E-state index contributed by atoms with van der Waals surface area (Å²) in [7, 11) is 0. The van der Waals surface area contributed by atoms with Crippen LogP contribution in [0.2, 0.25) is 0 Å². The van der Waals surface area contributed by atoms with Crippen molar-refractivity contribution in [1.82, 2.24) is 4.98 Å². The summed E-state index contributed by atoms with van der Waals surface area (Å²) in [4.78, 5) is 30.9. The monoisotopic (exact) mass is 387 g/mol. The van der Waals surface area contributed by atoms with Crippen LogP contribution in [0.1, 0.15) is 38.6 Å². The van der Waals surface area contributed by atoms with Gasteiger partial charge in [-0.25, -0.2) is 4.98 Å². The molecule has 28 heavy (non-hydrogen) atoms. The second kappa shape index (κ2) is 6.42. The fraction of sp³-hybridized carbons (Fsp3) is 0.136. The number of benzene rings is 2. The van der Waals surface area contributed by atoms with Gasteiger partial charge in [0.05, 0.1) is 11.4 Å². The van der Waals surface area contributed by atoms with Gasteiger partial charge in [0, 0.05) is 28.4 Å². The summed E-state index contributed by atoms with van der Waals surface area (Å²) < 4.78 is 0. The lowest BCUT2D eigenvalue weighted by molar-refractivity contribution is 0.0970. The number of fused-ring (bicyclic) bond motifs is 3. The largest absolute Gasteiger partial charge is 0.397 e. The maximum Gasteiger partial charge on any atom is 0.267 e. The summed E-state index contributed by atoms with van der Waals surface area (Å²) in [5.41, 5.74) is 8.86. The molecule has 0 fully saturated rings. The van der Waals surface area contributed by atoms with Crippen LogP contribution in [0.3, 0.4) is 0 Å². The topological polar surface area (TPSA) is 85.1 Å². The number of nitrogens with zero attached hydrogens (tertiary/aromatic N) is 1. The van der Waals surface area contributed by atoms with E-state index in [2.05, 4.69) is 10.3 Å². The molecule has 0 spiro atoms. The van der Waals surface area contributed by atoms with Crippen molar-refractivity contribution in [3.05, 3.63) is 64.7 Å². The van der Waals surface area contributed by atoms with Crippen LogP contribution >= 0.6 is 11.3 Å². The fourth-order valence-corrected chi connectivity index (χ4v) is 4.73. The summed E-state index contributed by atoms with van der Waals surface area (Å²) in [6.07, 6.45) is 2.14. The lowest BCUT2D eigenvalue weighted by atomic mass is 9.94. The Hall–Kier alpha value is -3.25. The van der Waals surface area contributed by atoms with Gasteiger partial charge in [0.1, 0.15) is 9.71 Å². The highest BCUT2D eigenvalue weighted by molar-refractivity contribution is 7.21. The van der Waals surface area contributed by atoms with Crippen LogP contribution in [0.25, 0.3) is 21.0 Å². The maximum atomic E-state index is 13.0. The molecule has 1 amide bonds. The third-order valence-corrected chi connectivity index (χ3v) is 6.28. The number of amides is 1. The van der Waals surface area contributed by atoms with Crippen LogP contribution in [0.15, 0.2) is 48.5 Å². The minimum Gasteiger partial charge on any atom is -0.397 e. The quantitative estimate of drug-likeness (QED) is 0.517. The molecule has 0 radical (unpaired) electrons. The van der Waals surface area contributed by atoms with E-state index in [4.69, 9.17) is 5.73 Å². The first-order valence-electron chi connectivity index (χ1n) is 9.16. The molecule has 2 heterocycles. The molecule has 2 aromatic heterocycles. The van der Waals surface area contributed by atoms with Gasteiger partial charge < -0.3 is 11.1 Å². The van der Waals surface area contributed by atoms with Gasteiger partial charge in [0.15, 0.2) is 5.78 Å². The maximum absolute atomic E-state index is 13.0. The third kappa shape index (κ3) is 2.65. The van der Waals surface area contributed by atoms with E-state index >= 15 is 0 Å². The van der Waals surface area contributed by atoms with Gasteiger partial charge in [-0.2, -0.15) is 0 Å². The van der Waals surface area contributed by atoms with Gasteiger partial charge in [-0.3, -0.25) is 9.59 Å². The van der Waals surface area contributed by atoms with Crippen molar-refractivity contribution in [2.24, 2.45) is 0 Å². The summed E-state index contributed by atoms with van der Waals surface area (Å²) in [5.74, 6) is -0.163. The van der Waals surface area contributed by atoms with E-state index in [0.29, 0.717) is 32.8 Å². The first-order chi connectivity index (χ1) is 13.6. The number of thiophene rings is 1. The Bertz CT molecular complexity index is 1270. The number of hydrogen-bond acceptors (Lipinski definition) is 5. The molecule has 0 unspecified atom stereocenters. The number of aryl methyl sites for hydroxylation is 1. The van der Waals surface area contributed by atoms with Gasteiger partial charge in [0.25, 0.3) is 5.91 Å². The highest BCUT2D eigenvalue weighted by Crippen LogP contribution is 2.36. The van der Waals surface area contributed by atoms with Crippen molar-refractivity contribution in [1.29, 1.82) is 0 Å². The number of carbonyl (C=O) groups excluding carboxylic acids is 2. The molecule has 0 saturated heterocycles. The lowest BCUT2D eigenvalue weighted by Crippen LogP contribution is -2.12. The number of pyridine rings is 1. The number of hydrogen-bond donors (Lipinski definition) is 2. The Labute approximate surface area is 165 Å². The van der Waals surface area contributed by atoms with Crippen molar-refractivity contribution in [3.8, 4) is 0 Å². The molecule has 1 aliphatic carbocycles. The zero-order valence-corrected chi connectivity index (χ0v) is 15.8. The minimum absolute atomic E-state index is 0.100. The molecule has 0 aliphatic heterocycles. The lowest BCUT2D eigenvalue weighted by Gasteiger charge is -2.13. The van der Waals surface area contributed by atoms with Crippen LogP contribution in [-0.2, 0) is 6.42 Å². The SMILES string of the molecule is Nc1c(C(=O)Nc2cccc3ccccc23)sc2nc3c(cc12)C(=O)CCC3. The standard InChI is InChI=1S/C22H17N3O2S/c23-19-15-11-14-17(9-4-10-18(14)26)25-22(15)28-20(19)21(27)24-16-8-3-6-12-5-1-2-7-13(12)16/h1-3,5-8,11H,4,9-10,23H2,(H,24,27). The number of nitrogens with two attached hydrogens (primary N) is 1. The number of ketones is 1. The van der Waals surface area contributed by atoms with E-state index in [1.165, 1.54) is 11.3 Å². The van der Waals surface area contributed by atoms with Crippen molar-refractivity contribution in [2.75, 3.05) is 11.1 Å². The Balaban J connectivity index is 1.56. The number of nitrogen functional groups attached to an aromatic ring is 1. The Morgan fingerprint density at radius 1 is 1.07 bits per heavy atom. The highest BCUT2D eigenvalue weighted by atomic mass is 32.1. The van der Waals surface area contributed by atoms with Gasteiger partial charge in [0.2, 0.25) is 0 Å². The Morgan fingerprint density at radius 2 is 1.89 bits per heavy atom.